The van der Waals surface area contributed by atoms with E-state index in [1.54, 1.807) is 12.1 Å². The molecule has 1 amide bonds. The molecule has 0 aliphatic heterocycles. The van der Waals surface area contributed by atoms with Crippen LogP contribution in [0.2, 0.25) is 0 Å². The van der Waals surface area contributed by atoms with Crippen molar-refractivity contribution in [1.29, 1.82) is 0 Å². The molecular formula is C16H16F2N2O3. The second-order valence-corrected chi connectivity index (χ2v) is 4.73. The van der Waals surface area contributed by atoms with E-state index in [-0.39, 0.29) is 31.7 Å². The van der Waals surface area contributed by atoms with E-state index in [0.29, 0.717) is 11.4 Å². The van der Waals surface area contributed by atoms with Gasteiger partial charge in [0.2, 0.25) is 0 Å². The number of carbonyl (C=O) groups is 1. The van der Waals surface area contributed by atoms with Gasteiger partial charge >= 0.3 is 0 Å². The van der Waals surface area contributed by atoms with Crippen LogP contribution in [0.15, 0.2) is 36.5 Å². The lowest BCUT2D eigenvalue weighted by Gasteiger charge is -2.08. The fraction of sp³-hybridized carbons (Fsp3) is 0.250. The summed E-state index contributed by atoms with van der Waals surface area (Å²) in [5.74, 6) is -1.29. The van der Waals surface area contributed by atoms with Crippen LogP contribution in [-0.4, -0.2) is 29.1 Å². The number of hydrogen-bond acceptors (Lipinski definition) is 4. The Kier molecular flexibility index (Phi) is 5.99. The van der Waals surface area contributed by atoms with Crippen molar-refractivity contribution >= 4 is 5.91 Å². The van der Waals surface area contributed by atoms with E-state index in [0.717, 1.165) is 0 Å². The lowest BCUT2D eigenvalue weighted by atomic mass is 10.1. The number of pyridine rings is 1. The topological polar surface area (TPSA) is 71.5 Å². The van der Waals surface area contributed by atoms with Crippen molar-refractivity contribution in [1.82, 2.24) is 10.3 Å². The zero-order chi connectivity index (χ0) is 16.7. The van der Waals surface area contributed by atoms with Gasteiger partial charge in [0.05, 0.1) is 18.5 Å². The molecule has 0 fully saturated rings. The van der Waals surface area contributed by atoms with E-state index >= 15 is 0 Å². The fourth-order valence-electron chi connectivity index (χ4n) is 1.89. The van der Waals surface area contributed by atoms with Crippen molar-refractivity contribution in [3.8, 4) is 5.75 Å². The van der Waals surface area contributed by atoms with Gasteiger partial charge in [-0.1, -0.05) is 6.07 Å². The second-order valence-electron chi connectivity index (χ2n) is 4.73. The summed E-state index contributed by atoms with van der Waals surface area (Å²) in [6, 6.07) is 6.80. The summed E-state index contributed by atoms with van der Waals surface area (Å²) in [7, 11) is 0. The molecule has 23 heavy (non-hydrogen) atoms. The Morgan fingerprint density at radius 3 is 2.57 bits per heavy atom. The Hall–Kier alpha value is -2.54. The summed E-state index contributed by atoms with van der Waals surface area (Å²) in [5, 5.41) is 11.4. The SMILES string of the molecule is O=C(COc1ccc(CO)nc1)NCCc1c(F)cccc1F. The molecule has 0 unspecified atom stereocenters. The zero-order valence-electron chi connectivity index (χ0n) is 12.3. The minimum absolute atomic E-state index is 0.0526. The lowest BCUT2D eigenvalue weighted by molar-refractivity contribution is -0.123. The minimum Gasteiger partial charge on any atom is -0.482 e. The van der Waals surface area contributed by atoms with Crippen molar-refractivity contribution in [2.75, 3.05) is 13.2 Å². The van der Waals surface area contributed by atoms with E-state index in [4.69, 9.17) is 9.84 Å². The number of nitrogens with zero attached hydrogens (tertiary/aromatic N) is 1. The van der Waals surface area contributed by atoms with Crippen LogP contribution in [0, 0.1) is 11.6 Å². The smallest absolute Gasteiger partial charge is 0.257 e. The van der Waals surface area contributed by atoms with Gasteiger partial charge in [0, 0.05) is 12.1 Å². The zero-order valence-corrected chi connectivity index (χ0v) is 12.3. The molecule has 1 aromatic heterocycles. The highest BCUT2D eigenvalue weighted by atomic mass is 19.1. The van der Waals surface area contributed by atoms with Gasteiger partial charge in [-0.05, 0) is 30.7 Å². The van der Waals surface area contributed by atoms with Crippen molar-refractivity contribution < 1.29 is 23.4 Å². The van der Waals surface area contributed by atoms with E-state index in [1.807, 2.05) is 0 Å². The minimum atomic E-state index is -0.634. The Labute approximate surface area is 131 Å². The number of carbonyl (C=O) groups excluding carboxylic acids is 1. The number of aliphatic hydroxyl groups excluding tert-OH is 1. The van der Waals surface area contributed by atoms with Gasteiger partial charge < -0.3 is 15.2 Å². The summed E-state index contributed by atoms with van der Waals surface area (Å²) < 4.78 is 32.0. The van der Waals surface area contributed by atoms with Crippen LogP contribution >= 0.6 is 0 Å². The number of rotatable bonds is 7. The monoisotopic (exact) mass is 322 g/mol. The molecule has 0 bridgehead atoms. The van der Waals surface area contributed by atoms with Crippen LogP contribution in [0.3, 0.4) is 0 Å². The van der Waals surface area contributed by atoms with Gasteiger partial charge in [-0.15, -0.1) is 0 Å². The molecule has 0 radical (unpaired) electrons. The molecule has 1 aromatic carbocycles. The number of nitrogens with one attached hydrogen (secondary N) is 1. The number of benzene rings is 1. The highest BCUT2D eigenvalue weighted by Crippen LogP contribution is 2.12. The van der Waals surface area contributed by atoms with Crippen LogP contribution in [0.25, 0.3) is 0 Å². The molecule has 5 nitrogen and oxygen atoms in total. The number of hydrogen-bond donors (Lipinski definition) is 2. The first-order chi connectivity index (χ1) is 11.1. The molecule has 0 spiro atoms. The maximum absolute atomic E-state index is 13.4. The standard InChI is InChI=1S/C16H16F2N2O3/c17-14-2-1-3-15(18)13(14)6-7-19-16(22)10-23-12-5-4-11(9-21)20-8-12/h1-5,8,21H,6-7,9-10H2,(H,19,22). The van der Waals surface area contributed by atoms with Crippen molar-refractivity contribution in [2.24, 2.45) is 0 Å². The first kappa shape index (κ1) is 16.8. The summed E-state index contributed by atoms with van der Waals surface area (Å²) in [5.41, 5.74) is 0.436. The third-order valence-electron chi connectivity index (χ3n) is 3.09. The van der Waals surface area contributed by atoms with Gasteiger partial charge in [-0.2, -0.15) is 0 Å². The number of ether oxygens (including phenoxy) is 1. The lowest BCUT2D eigenvalue weighted by Crippen LogP contribution is -2.30. The molecule has 1 heterocycles. The molecule has 0 saturated carbocycles. The fourth-order valence-corrected chi connectivity index (χ4v) is 1.89. The number of amides is 1. The first-order valence-electron chi connectivity index (χ1n) is 6.98. The van der Waals surface area contributed by atoms with Crippen LogP contribution < -0.4 is 10.1 Å². The Morgan fingerprint density at radius 2 is 1.96 bits per heavy atom. The van der Waals surface area contributed by atoms with Crippen molar-refractivity contribution in [3.63, 3.8) is 0 Å². The van der Waals surface area contributed by atoms with Crippen molar-refractivity contribution in [2.45, 2.75) is 13.0 Å². The van der Waals surface area contributed by atoms with E-state index in [2.05, 4.69) is 10.3 Å². The number of aromatic nitrogens is 1. The molecule has 0 saturated heterocycles. The summed E-state index contributed by atoms with van der Waals surface area (Å²) >= 11 is 0. The van der Waals surface area contributed by atoms with Crippen LogP contribution in [-0.2, 0) is 17.8 Å². The molecule has 2 rings (SSSR count). The van der Waals surface area contributed by atoms with Gasteiger partial charge in [0.15, 0.2) is 6.61 Å². The van der Waals surface area contributed by atoms with E-state index < -0.39 is 17.5 Å². The van der Waals surface area contributed by atoms with Crippen LogP contribution in [0.4, 0.5) is 8.78 Å². The second kappa shape index (κ2) is 8.19. The number of halogens is 2. The molecule has 2 aromatic rings. The normalized spacial score (nSPS) is 10.4. The van der Waals surface area contributed by atoms with E-state index in [1.165, 1.54) is 24.4 Å². The average molecular weight is 322 g/mol. The van der Waals surface area contributed by atoms with Gasteiger partial charge in [-0.3, -0.25) is 9.78 Å². The Balaban J connectivity index is 1.74. The summed E-state index contributed by atoms with van der Waals surface area (Å²) in [6.07, 6.45) is 1.45. The first-order valence-corrected chi connectivity index (χ1v) is 6.98. The average Bonchev–Trinajstić information content (AvgIpc) is 2.56. The maximum atomic E-state index is 13.4. The molecule has 0 aliphatic carbocycles. The maximum Gasteiger partial charge on any atom is 0.257 e. The van der Waals surface area contributed by atoms with Crippen molar-refractivity contribution in [3.05, 3.63) is 59.4 Å². The molecule has 0 atom stereocenters. The largest absolute Gasteiger partial charge is 0.482 e. The molecule has 2 N–H and O–H groups in total. The Bertz CT molecular complexity index is 643. The molecule has 0 aliphatic rings. The number of aliphatic hydroxyl groups is 1. The molecule has 122 valence electrons. The van der Waals surface area contributed by atoms with Crippen LogP contribution in [0.5, 0.6) is 5.75 Å². The van der Waals surface area contributed by atoms with E-state index in [9.17, 15) is 13.6 Å². The van der Waals surface area contributed by atoms with Gasteiger partial charge in [-0.25, -0.2) is 8.78 Å². The third kappa shape index (κ3) is 5.00. The molecular weight excluding hydrogens is 306 g/mol. The molecule has 7 heteroatoms. The highest BCUT2D eigenvalue weighted by molar-refractivity contribution is 5.77. The predicted molar refractivity (Wildman–Crippen MR) is 78.7 cm³/mol. The third-order valence-corrected chi connectivity index (χ3v) is 3.09. The summed E-state index contributed by atoms with van der Waals surface area (Å²) in [6.45, 7) is -0.310. The predicted octanol–water partition coefficient (Wildman–Crippen LogP) is 1.59. The van der Waals surface area contributed by atoms with Crippen LogP contribution in [0.1, 0.15) is 11.3 Å². The summed E-state index contributed by atoms with van der Waals surface area (Å²) in [4.78, 5) is 15.5. The van der Waals surface area contributed by atoms with Gasteiger partial charge in [0.1, 0.15) is 17.4 Å². The Morgan fingerprint density at radius 1 is 1.22 bits per heavy atom. The highest BCUT2D eigenvalue weighted by Gasteiger charge is 2.09. The van der Waals surface area contributed by atoms with Gasteiger partial charge in [0.25, 0.3) is 5.91 Å². The quantitative estimate of drug-likeness (QED) is 0.812.